The van der Waals surface area contributed by atoms with Gasteiger partial charge in [-0.15, -0.1) is 0 Å². The van der Waals surface area contributed by atoms with E-state index in [9.17, 15) is 4.79 Å². The van der Waals surface area contributed by atoms with E-state index in [1.165, 1.54) is 4.90 Å². The molecule has 1 aromatic rings. The molecule has 5 nitrogen and oxygen atoms in total. The topological polar surface area (TPSA) is 72.8 Å². The summed E-state index contributed by atoms with van der Waals surface area (Å²) >= 11 is 0. The van der Waals surface area contributed by atoms with E-state index in [1.54, 1.807) is 0 Å². The van der Waals surface area contributed by atoms with Crippen LogP contribution in [0.4, 0.5) is 10.5 Å². The molecule has 0 saturated heterocycles. The maximum Gasteiger partial charge on any atom is 0.321 e. The first kappa shape index (κ1) is 16.5. The Hall–Kier alpha value is -1.59. The van der Waals surface area contributed by atoms with Crippen LogP contribution in [0.1, 0.15) is 31.7 Å². The van der Waals surface area contributed by atoms with Crippen LogP contribution in [0.3, 0.4) is 0 Å². The zero-order chi connectivity index (χ0) is 15.0. The highest BCUT2D eigenvalue weighted by atomic mass is 16.3. The van der Waals surface area contributed by atoms with E-state index in [-0.39, 0.29) is 25.8 Å². The first-order valence-corrected chi connectivity index (χ1v) is 6.96. The molecule has 0 aliphatic heterocycles. The molecular formula is C15H24N2O3. The summed E-state index contributed by atoms with van der Waals surface area (Å²) in [6.07, 6.45) is 0.499. The smallest absolute Gasteiger partial charge is 0.321 e. The van der Waals surface area contributed by atoms with Crippen LogP contribution in [0.15, 0.2) is 24.3 Å². The van der Waals surface area contributed by atoms with Crippen molar-refractivity contribution in [1.82, 2.24) is 4.90 Å². The SMILES string of the molecule is CC(C)c1ccccc1NC(=O)N(CCO)CCCO. The molecule has 1 aromatic carbocycles. The van der Waals surface area contributed by atoms with Crippen LogP contribution in [0.25, 0.3) is 0 Å². The molecule has 1 rings (SSSR count). The molecule has 0 bridgehead atoms. The fourth-order valence-electron chi connectivity index (χ4n) is 2.01. The summed E-state index contributed by atoms with van der Waals surface area (Å²) in [5.41, 5.74) is 1.87. The van der Waals surface area contributed by atoms with Gasteiger partial charge in [-0.1, -0.05) is 32.0 Å². The molecule has 0 aliphatic rings. The minimum Gasteiger partial charge on any atom is -0.396 e. The summed E-state index contributed by atoms with van der Waals surface area (Å²) in [4.78, 5) is 13.7. The monoisotopic (exact) mass is 280 g/mol. The Morgan fingerprint density at radius 3 is 2.50 bits per heavy atom. The highest BCUT2D eigenvalue weighted by Crippen LogP contribution is 2.23. The number of anilines is 1. The molecule has 2 amide bonds. The van der Waals surface area contributed by atoms with Gasteiger partial charge in [0, 0.05) is 25.4 Å². The van der Waals surface area contributed by atoms with Gasteiger partial charge in [-0.2, -0.15) is 0 Å². The van der Waals surface area contributed by atoms with Gasteiger partial charge in [-0.25, -0.2) is 4.79 Å². The van der Waals surface area contributed by atoms with Crippen LogP contribution >= 0.6 is 0 Å². The van der Waals surface area contributed by atoms with Crippen molar-refractivity contribution in [2.24, 2.45) is 0 Å². The highest BCUT2D eigenvalue weighted by Gasteiger charge is 2.14. The Morgan fingerprint density at radius 2 is 1.90 bits per heavy atom. The number of hydrogen-bond acceptors (Lipinski definition) is 3. The first-order chi connectivity index (χ1) is 9.60. The van der Waals surface area contributed by atoms with E-state index in [0.29, 0.717) is 18.9 Å². The molecule has 0 heterocycles. The Labute approximate surface area is 120 Å². The number of nitrogens with one attached hydrogen (secondary N) is 1. The number of para-hydroxylation sites is 1. The maximum atomic E-state index is 12.2. The number of amides is 2. The van der Waals surface area contributed by atoms with E-state index < -0.39 is 0 Å². The summed E-state index contributed by atoms with van der Waals surface area (Å²) in [6, 6.07) is 7.44. The predicted octanol–water partition coefficient (Wildman–Crippen LogP) is 2.02. The van der Waals surface area contributed by atoms with Crippen molar-refractivity contribution in [1.29, 1.82) is 0 Å². The molecule has 0 aliphatic carbocycles. The van der Waals surface area contributed by atoms with Crippen molar-refractivity contribution in [3.63, 3.8) is 0 Å². The number of carbonyl (C=O) groups is 1. The van der Waals surface area contributed by atoms with Crippen molar-refractivity contribution in [2.45, 2.75) is 26.2 Å². The number of aliphatic hydroxyl groups is 2. The van der Waals surface area contributed by atoms with Crippen LogP contribution in [0.2, 0.25) is 0 Å². The number of carbonyl (C=O) groups excluding carboxylic acids is 1. The molecule has 0 fully saturated rings. The van der Waals surface area contributed by atoms with Crippen LogP contribution in [-0.4, -0.2) is 47.4 Å². The molecule has 3 N–H and O–H groups in total. The standard InChI is InChI=1S/C15H24N2O3/c1-12(2)13-6-3-4-7-14(13)16-15(20)17(9-11-19)8-5-10-18/h3-4,6-7,12,18-19H,5,8-11H2,1-2H3,(H,16,20). The van der Waals surface area contributed by atoms with Gasteiger partial charge in [0.15, 0.2) is 0 Å². The molecule has 20 heavy (non-hydrogen) atoms. The Morgan fingerprint density at radius 1 is 1.20 bits per heavy atom. The zero-order valence-electron chi connectivity index (χ0n) is 12.2. The summed E-state index contributed by atoms with van der Waals surface area (Å²) in [6.45, 7) is 4.76. The third-order valence-corrected chi connectivity index (χ3v) is 3.07. The fraction of sp³-hybridized carbons (Fsp3) is 0.533. The minimum atomic E-state index is -0.249. The molecule has 0 atom stereocenters. The average molecular weight is 280 g/mol. The van der Waals surface area contributed by atoms with Gasteiger partial charge in [0.05, 0.1) is 6.61 Å². The number of aliphatic hydroxyl groups excluding tert-OH is 2. The largest absolute Gasteiger partial charge is 0.396 e. The molecular weight excluding hydrogens is 256 g/mol. The van der Waals surface area contributed by atoms with E-state index in [4.69, 9.17) is 10.2 Å². The fourth-order valence-corrected chi connectivity index (χ4v) is 2.01. The van der Waals surface area contributed by atoms with Gasteiger partial charge in [0.1, 0.15) is 0 Å². The zero-order valence-corrected chi connectivity index (χ0v) is 12.2. The van der Waals surface area contributed by atoms with E-state index in [1.807, 2.05) is 24.3 Å². The normalized spacial score (nSPS) is 10.7. The molecule has 5 heteroatoms. The van der Waals surface area contributed by atoms with Gasteiger partial charge >= 0.3 is 6.03 Å². The van der Waals surface area contributed by atoms with E-state index in [0.717, 1.165) is 11.3 Å². The Bertz CT molecular complexity index is 421. The lowest BCUT2D eigenvalue weighted by atomic mass is 10.0. The number of benzene rings is 1. The molecule has 0 spiro atoms. The predicted molar refractivity (Wildman–Crippen MR) is 79.9 cm³/mol. The van der Waals surface area contributed by atoms with Gasteiger partial charge in [-0.3, -0.25) is 0 Å². The second-order valence-corrected chi connectivity index (χ2v) is 4.96. The van der Waals surface area contributed by atoms with E-state index >= 15 is 0 Å². The van der Waals surface area contributed by atoms with E-state index in [2.05, 4.69) is 19.2 Å². The van der Waals surface area contributed by atoms with Gasteiger partial charge < -0.3 is 20.4 Å². The first-order valence-electron chi connectivity index (χ1n) is 6.96. The number of urea groups is 1. The quantitative estimate of drug-likeness (QED) is 0.715. The second kappa shape index (κ2) is 8.55. The van der Waals surface area contributed by atoms with Crippen molar-refractivity contribution >= 4 is 11.7 Å². The van der Waals surface area contributed by atoms with Crippen LogP contribution in [0, 0.1) is 0 Å². The molecule has 0 aromatic heterocycles. The molecule has 112 valence electrons. The average Bonchev–Trinajstić information content (AvgIpc) is 2.43. The van der Waals surface area contributed by atoms with Gasteiger partial charge in [0.25, 0.3) is 0 Å². The lowest BCUT2D eigenvalue weighted by Crippen LogP contribution is -2.38. The van der Waals surface area contributed by atoms with Crippen molar-refractivity contribution in [3.05, 3.63) is 29.8 Å². The number of nitrogens with zero attached hydrogens (tertiary/aromatic N) is 1. The van der Waals surface area contributed by atoms with Gasteiger partial charge in [0.2, 0.25) is 0 Å². The highest BCUT2D eigenvalue weighted by molar-refractivity contribution is 5.90. The Balaban J connectivity index is 2.77. The minimum absolute atomic E-state index is 0.0256. The molecule has 0 unspecified atom stereocenters. The summed E-state index contributed by atoms with van der Waals surface area (Å²) in [7, 11) is 0. The molecule has 0 radical (unpaired) electrons. The second-order valence-electron chi connectivity index (χ2n) is 4.96. The number of hydrogen-bond donors (Lipinski definition) is 3. The van der Waals surface area contributed by atoms with Gasteiger partial charge in [-0.05, 0) is 24.0 Å². The summed E-state index contributed by atoms with van der Waals surface area (Å²) in [5.74, 6) is 0.315. The van der Waals surface area contributed by atoms with Crippen LogP contribution in [-0.2, 0) is 0 Å². The summed E-state index contributed by atoms with van der Waals surface area (Å²) in [5, 5.41) is 20.7. The third kappa shape index (κ3) is 4.83. The Kier molecular flexibility index (Phi) is 7.04. The van der Waals surface area contributed by atoms with Crippen molar-refractivity contribution in [3.8, 4) is 0 Å². The lowest BCUT2D eigenvalue weighted by Gasteiger charge is -2.23. The lowest BCUT2D eigenvalue weighted by molar-refractivity contribution is 0.180. The van der Waals surface area contributed by atoms with Crippen LogP contribution < -0.4 is 5.32 Å². The maximum absolute atomic E-state index is 12.2. The molecule has 0 saturated carbocycles. The van der Waals surface area contributed by atoms with Crippen molar-refractivity contribution in [2.75, 3.05) is 31.6 Å². The van der Waals surface area contributed by atoms with Crippen molar-refractivity contribution < 1.29 is 15.0 Å². The third-order valence-electron chi connectivity index (χ3n) is 3.07. The summed E-state index contributed by atoms with van der Waals surface area (Å²) < 4.78 is 0. The van der Waals surface area contributed by atoms with Crippen LogP contribution in [0.5, 0.6) is 0 Å². The number of rotatable bonds is 7.